The summed E-state index contributed by atoms with van der Waals surface area (Å²) in [5, 5.41) is 11.8. The van der Waals surface area contributed by atoms with Gasteiger partial charge in [-0.3, -0.25) is 9.59 Å². The monoisotopic (exact) mass is 279 g/mol. The molecule has 1 aromatic heterocycles. The van der Waals surface area contributed by atoms with E-state index in [2.05, 4.69) is 24.2 Å². The zero-order valence-electron chi connectivity index (χ0n) is 11.9. The molecule has 110 valence electrons. The van der Waals surface area contributed by atoms with Gasteiger partial charge in [-0.15, -0.1) is 0 Å². The Labute approximate surface area is 118 Å². The van der Waals surface area contributed by atoms with Gasteiger partial charge in [-0.2, -0.15) is 0 Å². The number of carboxylic acids is 1. The molecule has 1 aromatic rings. The molecule has 0 aliphatic carbocycles. The van der Waals surface area contributed by atoms with E-state index in [4.69, 9.17) is 5.11 Å². The summed E-state index contributed by atoms with van der Waals surface area (Å²) in [4.78, 5) is 25.3. The standard InChI is InChI=1S/C14H21N3O3/c1-10-8-11(5-7-16(10)2)15-14(20)12-4-3-6-17(12)9-13(18)19/h3-4,6,10-11H,5,7-9H2,1-2H3,(H,15,20)(H,18,19). The summed E-state index contributed by atoms with van der Waals surface area (Å²) in [5.41, 5.74) is 0.402. The summed E-state index contributed by atoms with van der Waals surface area (Å²) >= 11 is 0. The second-order valence-corrected chi connectivity index (χ2v) is 5.44. The largest absolute Gasteiger partial charge is 0.480 e. The molecule has 6 heteroatoms. The van der Waals surface area contributed by atoms with Gasteiger partial charge in [-0.1, -0.05) is 0 Å². The summed E-state index contributed by atoms with van der Waals surface area (Å²) in [6.07, 6.45) is 3.45. The Kier molecular flexibility index (Phi) is 4.44. The number of carbonyl (C=O) groups excluding carboxylic acids is 1. The number of aromatic nitrogens is 1. The predicted octanol–water partition coefficient (Wildman–Crippen LogP) is 0.785. The predicted molar refractivity (Wildman–Crippen MR) is 74.6 cm³/mol. The SMILES string of the molecule is CC1CC(NC(=O)c2cccn2CC(=O)O)CCN1C. The number of likely N-dealkylation sites (tertiary alicyclic amines) is 1. The normalized spacial score (nSPS) is 23.5. The summed E-state index contributed by atoms with van der Waals surface area (Å²) in [7, 11) is 2.08. The molecular formula is C14H21N3O3. The number of nitrogens with one attached hydrogen (secondary N) is 1. The lowest BCUT2D eigenvalue weighted by molar-refractivity contribution is -0.137. The maximum absolute atomic E-state index is 12.2. The first-order valence-electron chi connectivity index (χ1n) is 6.85. The van der Waals surface area contributed by atoms with Crippen LogP contribution in [0.25, 0.3) is 0 Å². The van der Waals surface area contributed by atoms with Crippen LogP contribution >= 0.6 is 0 Å². The van der Waals surface area contributed by atoms with Crippen molar-refractivity contribution in [1.82, 2.24) is 14.8 Å². The Balaban J connectivity index is 1.98. The molecule has 1 fully saturated rings. The van der Waals surface area contributed by atoms with E-state index in [-0.39, 0.29) is 18.5 Å². The minimum absolute atomic E-state index is 0.155. The average Bonchev–Trinajstić information content (AvgIpc) is 2.81. The molecule has 2 unspecified atom stereocenters. The maximum atomic E-state index is 12.2. The van der Waals surface area contributed by atoms with E-state index in [1.54, 1.807) is 18.3 Å². The van der Waals surface area contributed by atoms with Crippen molar-refractivity contribution in [2.45, 2.75) is 38.4 Å². The van der Waals surface area contributed by atoms with Gasteiger partial charge in [0.15, 0.2) is 0 Å². The van der Waals surface area contributed by atoms with Gasteiger partial charge >= 0.3 is 5.97 Å². The third-order valence-electron chi connectivity index (χ3n) is 3.91. The van der Waals surface area contributed by atoms with Crippen molar-refractivity contribution in [3.63, 3.8) is 0 Å². The van der Waals surface area contributed by atoms with Gasteiger partial charge in [0, 0.05) is 24.8 Å². The van der Waals surface area contributed by atoms with Gasteiger partial charge < -0.3 is 19.9 Å². The number of carboxylic acid groups (broad SMARTS) is 1. The summed E-state index contributed by atoms with van der Waals surface area (Å²) < 4.78 is 1.45. The van der Waals surface area contributed by atoms with Crippen molar-refractivity contribution in [3.8, 4) is 0 Å². The Morgan fingerprint density at radius 2 is 2.25 bits per heavy atom. The molecule has 6 nitrogen and oxygen atoms in total. The van der Waals surface area contributed by atoms with Gasteiger partial charge in [0.2, 0.25) is 0 Å². The zero-order chi connectivity index (χ0) is 14.7. The summed E-state index contributed by atoms with van der Waals surface area (Å²) in [5.74, 6) is -1.15. The molecule has 2 N–H and O–H groups in total. The number of rotatable bonds is 4. The zero-order valence-corrected chi connectivity index (χ0v) is 11.9. The van der Waals surface area contributed by atoms with Crippen LogP contribution in [0.1, 0.15) is 30.3 Å². The molecule has 1 saturated heterocycles. The van der Waals surface area contributed by atoms with Gasteiger partial charge in [0.25, 0.3) is 5.91 Å². The lowest BCUT2D eigenvalue weighted by Crippen LogP contribution is -2.47. The topological polar surface area (TPSA) is 74.6 Å². The quantitative estimate of drug-likeness (QED) is 0.854. The van der Waals surface area contributed by atoms with Crippen molar-refractivity contribution in [2.75, 3.05) is 13.6 Å². The fourth-order valence-electron chi connectivity index (χ4n) is 2.58. The Morgan fingerprint density at radius 1 is 1.50 bits per heavy atom. The van der Waals surface area contributed by atoms with Crippen LogP contribution in [0, 0.1) is 0 Å². The third kappa shape index (κ3) is 3.39. The van der Waals surface area contributed by atoms with Crippen LogP contribution < -0.4 is 5.32 Å². The number of piperidine rings is 1. The highest BCUT2D eigenvalue weighted by Crippen LogP contribution is 2.16. The Morgan fingerprint density at radius 3 is 2.90 bits per heavy atom. The fraction of sp³-hybridized carbons (Fsp3) is 0.571. The second kappa shape index (κ2) is 6.09. The van der Waals surface area contributed by atoms with Crippen LogP contribution in [0.2, 0.25) is 0 Å². The molecule has 1 aliphatic rings. The molecule has 0 radical (unpaired) electrons. The molecule has 0 spiro atoms. The highest BCUT2D eigenvalue weighted by Gasteiger charge is 2.25. The van der Waals surface area contributed by atoms with E-state index in [0.717, 1.165) is 19.4 Å². The van der Waals surface area contributed by atoms with Crippen LogP contribution in [-0.2, 0) is 11.3 Å². The number of aliphatic carboxylic acids is 1. The molecule has 20 heavy (non-hydrogen) atoms. The van der Waals surface area contributed by atoms with Gasteiger partial charge in [-0.25, -0.2) is 0 Å². The summed E-state index contributed by atoms with van der Waals surface area (Å²) in [6, 6.07) is 3.94. The van der Waals surface area contributed by atoms with Gasteiger partial charge in [0.05, 0.1) is 0 Å². The molecule has 2 rings (SSSR count). The van der Waals surface area contributed by atoms with Crippen molar-refractivity contribution in [3.05, 3.63) is 24.0 Å². The number of hydrogen-bond donors (Lipinski definition) is 2. The van der Waals surface area contributed by atoms with E-state index < -0.39 is 5.97 Å². The van der Waals surface area contributed by atoms with Gasteiger partial charge in [0.1, 0.15) is 12.2 Å². The van der Waals surface area contributed by atoms with E-state index in [9.17, 15) is 9.59 Å². The lowest BCUT2D eigenvalue weighted by atomic mass is 9.99. The van der Waals surface area contributed by atoms with Gasteiger partial charge in [-0.05, 0) is 38.9 Å². The maximum Gasteiger partial charge on any atom is 0.323 e. The highest BCUT2D eigenvalue weighted by atomic mass is 16.4. The first kappa shape index (κ1) is 14.6. The summed E-state index contributed by atoms with van der Waals surface area (Å²) in [6.45, 7) is 2.91. The average molecular weight is 279 g/mol. The van der Waals surface area contributed by atoms with E-state index in [1.807, 2.05) is 0 Å². The van der Waals surface area contributed by atoms with Crippen LogP contribution in [0.3, 0.4) is 0 Å². The number of hydrogen-bond acceptors (Lipinski definition) is 3. The number of amides is 1. The van der Waals surface area contributed by atoms with E-state index in [0.29, 0.717) is 11.7 Å². The Bertz CT molecular complexity index is 498. The first-order valence-corrected chi connectivity index (χ1v) is 6.85. The highest BCUT2D eigenvalue weighted by molar-refractivity contribution is 5.93. The van der Waals surface area contributed by atoms with Crippen LogP contribution in [-0.4, -0.2) is 52.1 Å². The molecule has 1 amide bonds. The third-order valence-corrected chi connectivity index (χ3v) is 3.91. The van der Waals surface area contributed by atoms with Crippen molar-refractivity contribution in [1.29, 1.82) is 0 Å². The van der Waals surface area contributed by atoms with Crippen molar-refractivity contribution in [2.24, 2.45) is 0 Å². The molecule has 2 atom stereocenters. The van der Waals surface area contributed by atoms with Crippen LogP contribution in [0.5, 0.6) is 0 Å². The first-order chi connectivity index (χ1) is 9.47. The molecule has 0 saturated carbocycles. The van der Waals surface area contributed by atoms with Crippen molar-refractivity contribution < 1.29 is 14.7 Å². The smallest absolute Gasteiger partial charge is 0.323 e. The second-order valence-electron chi connectivity index (χ2n) is 5.44. The molecular weight excluding hydrogens is 258 g/mol. The molecule has 2 heterocycles. The van der Waals surface area contributed by atoms with E-state index in [1.165, 1.54) is 4.57 Å². The minimum atomic E-state index is -0.955. The van der Waals surface area contributed by atoms with Crippen LogP contribution in [0.15, 0.2) is 18.3 Å². The number of nitrogens with zero attached hydrogens (tertiary/aromatic N) is 2. The Hall–Kier alpha value is -1.82. The molecule has 1 aliphatic heterocycles. The van der Waals surface area contributed by atoms with E-state index >= 15 is 0 Å². The fourth-order valence-corrected chi connectivity index (χ4v) is 2.58. The molecule has 0 aromatic carbocycles. The minimum Gasteiger partial charge on any atom is -0.480 e. The number of carbonyl (C=O) groups is 2. The van der Waals surface area contributed by atoms with Crippen LogP contribution in [0.4, 0.5) is 0 Å². The van der Waals surface area contributed by atoms with Crippen molar-refractivity contribution >= 4 is 11.9 Å². The molecule has 0 bridgehead atoms. The lowest BCUT2D eigenvalue weighted by Gasteiger charge is -2.35.